The van der Waals surface area contributed by atoms with Gasteiger partial charge in [-0.25, -0.2) is 0 Å². The summed E-state index contributed by atoms with van der Waals surface area (Å²) < 4.78 is 0. The number of piperidine rings is 1. The van der Waals surface area contributed by atoms with Crippen LogP contribution in [0.4, 0.5) is 5.69 Å². The van der Waals surface area contributed by atoms with E-state index in [1.54, 1.807) is 24.3 Å². The molecule has 5 heteroatoms. The van der Waals surface area contributed by atoms with Gasteiger partial charge >= 0.3 is 0 Å². The second-order valence-electron chi connectivity index (χ2n) is 6.27. The highest BCUT2D eigenvalue weighted by molar-refractivity contribution is 5.95. The molecule has 5 nitrogen and oxygen atoms in total. The minimum absolute atomic E-state index is 0.0122. The van der Waals surface area contributed by atoms with Gasteiger partial charge in [0.25, 0.3) is 5.91 Å². The molecule has 1 aromatic rings. The molecule has 0 bridgehead atoms. The summed E-state index contributed by atoms with van der Waals surface area (Å²) in [6.45, 7) is 7.09. The number of amides is 2. The van der Waals surface area contributed by atoms with E-state index in [1.165, 1.54) is 11.3 Å². The summed E-state index contributed by atoms with van der Waals surface area (Å²) in [5, 5.41) is 2.87. The van der Waals surface area contributed by atoms with E-state index >= 15 is 0 Å². The van der Waals surface area contributed by atoms with Gasteiger partial charge in [0.05, 0.1) is 13.1 Å². The van der Waals surface area contributed by atoms with Gasteiger partial charge in [0.15, 0.2) is 6.54 Å². The van der Waals surface area contributed by atoms with Gasteiger partial charge < -0.3 is 16.0 Å². The largest absolute Gasteiger partial charge is 0.366 e. The Hall–Kier alpha value is -1.88. The average molecular weight is 290 g/mol. The van der Waals surface area contributed by atoms with Crippen LogP contribution in [0.2, 0.25) is 0 Å². The molecule has 1 aromatic carbocycles. The Kier molecular flexibility index (Phi) is 4.96. The van der Waals surface area contributed by atoms with Crippen molar-refractivity contribution in [3.05, 3.63) is 29.8 Å². The standard InChI is InChI=1S/C16H23N3O2/c1-11-7-12(2)9-19(8-11)10-15(20)18-14-5-3-13(4-6-14)16(17)21/h3-6,11-12H,7-10H2,1-2H3,(H2,17,21)(H,18,20)/p+1/t11-,12-/m1/s1. The van der Waals surface area contributed by atoms with Gasteiger partial charge in [0.1, 0.15) is 0 Å². The second kappa shape index (κ2) is 6.72. The third-order valence-electron chi connectivity index (χ3n) is 3.94. The number of hydrogen-bond donors (Lipinski definition) is 3. The normalized spacial score (nSPS) is 25.3. The molecule has 1 saturated heterocycles. The Morgan fingerprint density at radius 3 is 2.29 bits per heavy atom. The van der Waals surface area contributed by atoms with Gasteiger partial charge in [-0.2, -0.15) is 0 Å². The molecule has 21 heavy (non-hydrogen) atoms. The Bertz CT molecular complexity index is 503. The van der Waals surface area contributed by atoms with Crippen LogP contribution in [0.3, 0.4) is 0 Å². The van der Waals surface area contributed by atoms with E-state index in [1.807, 2.05) is 0 Å². The van der Waals surface area contributed by atoms with E-state index in [0.29, 0.717) is 29.6 Å². The van der Waals surface area contributed by atoms with Crippen LogP contribution in [0.1, 0.15) is 30.6 Å². The number of carbonyl (C=O) groups excluding carboxylic acids is 2. The molecule has 2 atom stereocenters. The van der Waals surface area contributed by atoms with Crippen molar-refractivity contribution < 1.29 is 14.5 Å². The fourth-order valence-corrected chi connectivity index (χ4v) is 3.22. The van der Waals surface area contributed by atoms with Gasteiger partial charge in [-0.1, -0.05) is 13.8 Å². The summed E-state index contributed by atoms with van der Waals surface area (Å²) in [4.78, 5) is 24.4. The Morgan fingerprint density at radius 1 is 1.19 bits per heavy atom. The van der Waals surface area contributed by atoms with Crippen molar-refractivity contribution >= 4 is 17.5 Å². The van der Waals surface area contributed by atoms with Crippen molar-refractivity contribution in [2.24, 2.45) is 17.6 Å². The van der Waals surface area contributed by atoms with Crippen LogP contribution >= 0.6 is 0 Å². The third kappa shape index (κ3) is 4.56. The van der Waals surface area contributed by atoms with E-state index in [-0.39, 0.29) is 5.91 Å². The maximum Gasteiger partial charge on any atom is 0.279 e. The molecule has 4 N–H and O–H groups in total. The predicted molar refractivity (Wildman–Crippen MR) is 82.1 cm³/mol. The van der Waals surface area contributed by atoms with E-state index in [9.17, 15) is 9.59 Å². The number of likely N-dealkylation sites (tertiary alicyclic amines) is 1. The molecular weight excluding hydrogens is 266 g/mol. The zero-order chi connectivity index (χ0) is 15.4. The van der Waals surface area contributed by atoms with Crippen molar-refractivity contribution in [3.8, 4) is 0 Å². The van der Waals surface area contributed by atoms with Crippen molar-refractivity contribution in [1.82, 2.24) is 0 Å². The molecule has 0 saturated carbocycles. The zero-order valence-electron chi connectivity index (χ0n) is 12.7. The van der Waals surface area contributed by atoms with E-state index < -0.39 is 5.91 Å². The number of hydrogen-bond acceptors (Lipinski definition) is 2. The van der Waals surface area contributed by atoms with Gasteiger partial charge in [-0.3, -0.25) is 9.59 Å². The Balaban J connectivity index is 1.88. The zero-order valence-corrected chi connectivity index (χ0v) is 12.7. The number of quaternary nitrogens is 1. The lowest BCUT2D eigenvalue weighted by Gasteiger charge is -2.31. The minimum Gasteiger partial charge on any atom is -0.366 e. The van der Waals surface area contributed by atoms with Crippen molar-refractivity contribution in [1.29, 1.82) is 0 Å². The molecule has 1 aliphatic rings. The predicted octanol–water partition coefficient (Wildman–Crippen LogP) is 0.285. The summed E-state index contributed by atoms with van der Waals surface area (Å²) >= 11 is 0. The van der Waals surface area contributed by atoms with Crippen LogP contribution in [-0.4, -0.2) is 31.4 Å². The SMILES string of the molecule is C[C@@H]1C[C@@H](C)C[NH+](CC(=O)Nc2ccc(C(N)=O)cc2)C1. The monoisotopic (exact) mass is 290 g/mol. The van der Waals surface area contributed by atoms with Crippen molar-refractivity contribution in [2.75, 3.05) is 25.0 Å². The first-order valence-electron chi connectivity index (χ1n) is 7.47. The van der Waals surface area contributed by atoms with E-state index in [4.69, 9.17) is 5.73 Å². The summed E-state index contributed by atoms with van der Waals surface area (Å²) in [5.74, 6) is 0.893. The lowest BCUT2D eigenvalue weighted by Crippen LogP contribution is -3.15. The smallest absolute Gasteiger partial charge is 0.279 e. The third-order valence-corrected chi connectivity index (χ3v) is 3.94. The molecule has 114 valence electrons. The average Bonchev–Trinajstić information content (AvgIpc) is 2.37. The van der Waals surface area contributed by atoms with Crippen LogP contribution in [0.15, 0.2) is 24.3 Å². The first-order valence-corrected chi connectivity index (χ1v) is 7.47. The number of anilines is 1. The molecule has 2 rings (SSSR count). The fraction of sp³-hybridized carbons (Fsp3) is 0.500. The Labute approximate surface area is 125 Å². The molecule has 0 radical (unpaired) electrons. The van der Waals surface area contributed by atoms with Gasteiger partial charge in [0, 0.05) is 23.1 Å². The quantitative estimate of drug-likeness (QED) is 0.745. The summed E-state index contributed by atoms with van der Waals surface area (Å²) in [7, 11) is 0. The number of benzene rings is 1. The molecule has 2 amide bonds. The van der Waals surface area contributed by atoms with Gasteiger partial charge in [-0.05, 0) is 30.7 Å². The molecular formula is C16H24N3O2+. The maximum absolute atomic E-state index is 12.1. The maximum atomic E-state index is 12.1. The highest BCUT2D eigenvalue weighted by Crippen LogP contribution is 2.12. The first-order chi connectivity index (χ1) is 9.94. The van der Waals surface area contributed by atoms with Crippen molar-refractivity contribution in [2.45, 2.75) is 20.3 Å². The van der Waals surface area contributed by atoms with Gasteiger partial charge in [-0.15, -0.1) is 0 Å². The number of carbonyl (C=O) groups is 2. The number of nitrogens with one attached hydrogen (secondary N) is 2. The van der Waals surface area contributed by atoms with Crippen LogP contribution < -0.4 is 16.0 Å². The lowest BCUT2D eigenvalue weighted by molar-refractivity contribution is -0.904. The number of nitrogens with two attached hydrogens (primary N) is 1. The lowest BCUT2D eigenvalue weighted by atomic mass is 9.92. The van der Waals surface area contributed by atoms with Crippen LogP contribution in [0.5, 0.6) is 0 Å². The summed E-state index contributed by atoms with van der Waals surface area (Å²) in [5.41, 5.74) is 6.32. The van der Waals surface area contributed by atoms with Crippen LogP contribution in [-0.2, 0) is 4.79 Å². The second-order valence-corrected chi connectivity index (χ2v) is 6.27. The highest BCUT2D eigenvalue weighted by atomic mass is 16.2. The fourth-order valence-electron chi connectivity index (χ4n) is 3.22. The van der Waals surface area contributed by atoms with Crippen LogP contribution in [0, 0.1) is 11.8 Å². The molecule has 0 aromatic heterocycles. The topological polar surface area (TPSA) is 76.6 Å². The van der Waals surface area contributed by atoms with Crippen LogP contribution in [0.25, 0.3) is 0 Å². The first kappa shape index (κ1) is 15.5. The van der Waals surface area contributed by atoms with Crippen molar-refractivity contribution in [3.63, 3.8) is 0 Å². The minimum atomic E-state index is -0.464. The molecule has 1 heterocycles. The van der Waals surface area contributed by atoms with E-state index in [2.05, 4.69) is 19.2 Å². The number of primary amides is 1. The van der Waals surface area contributed by atoms with E-state index in [0.717, 1.165) is 13.1 Å². The Morgan fingerprint density at radius 2 is 1.76 bits per heavy atom. The summed E-state index contributed by atoms with van der Waals surface area (Å²) in [6.07, 6.45) is 1.25. The molecule has 0 spiro atoms. The van der Waals surface area contributed by atoms with Gasteiger partial charge in [0.2, 0.25) is 5.91 Å². The molecule has 0 unspecified atom stereocenters. The summed E-state index contributed by atoms with van der Waals surface area (Å²) in [6, 6.07) is 6.65. The molecule has 1 aliphatic heterocycles. The molecule has 0 aliphatic carbocycles. The molecule has 1 fully saturated rings. The highest BCUT2D eigenvalue weighted by Gasteiger charge is 2.26. The number of rotatable bonds is 4.